The van der Waals surface area contributed by atoms with Crippen LogP contribution in [0.1, 0.15) is 37.6 Å². The lowest BCUT2D eigenvalue weighted by atomic mass is 10.0. The van der Waals surface area contributed by atoms with Crippen LogP contribution >= 0.6 is 0 Å². The van der Waals surface area contributed by atoms with E-state index in [-0.39, 0.29) is 4.90 Å². The topological polar surface area (TPSA) is 122 Å². The van der Waals surface area contributed by atoms with E-state index in [4.69, 9.17) is 0 Å². The molecule has 25 heavy (non-hydrogen) atoms. The van der Waals surface area contributed by atoms with E-state index in [1.54, 1.807) is 20.9 Å². The fourth-order valence-corrected chi connectivity index (χ4v) is 4.82. The molecule has 0 saturated carbocycles. The highest BCUT2D eigenvalue weighted by Crippen LogP contribution is 2.21. The van der Waals surface area contributed by atoms with Crippen molar-refractivity contribution in [1.29, 1.82) is 0 Å². The van der Waals surface area contributed by atoms with Gasteiger partial charge in [-0.1, -0.05) is 0 Å². The number of rotatable bonds is 5. The summed E-state index contributed by atoms with van der Waals surface area (Å²) >= 11 is 0. The van der Waals surface area contributed by atoms with Crippen LogP contribution in [0.4, 0.5) is 0 Å². The van der Waals surface area contributed by atoms with Gasteiger partial charge in [0.25, 0.3) is 0 Å². The van der Waals surface area contributed by atoms with Crippen molar-refractivity contribution < 1.29 is 23.1 Å². The van der Waals surface area contributed by atoms with E-state index in [1.807, 2.05) is 0 Å². The molecule has 2 atom stereocenters. The maximum absolute atomic E-state index is 12.6. The Kier molecular flexibility index (Phi) is 5.52. The number of carboxylic acid groups (broad SMARTS) is 1. The van der Waals surface area contributed by atoms with Crippen LogP contribution in [0.5, 0.6) is 0 Å². The Morgan fingerprint density at radius 3 is 2.48 bits per heavy atom. The van der Waals surface area contributed by atoms with Crippen LogP contribution in [-0.2, 0) is 26.7 Å². The highest BCUT2D eigenvalue weighted by atomic mass is 32.2. The summed E-state index contributed by atoms with van der Waals surface area (Å²) in [7, 11) is -2.31. The Morgan fingerprint density at radius 1 is 1.32 bits per heavy atom. The molecular formula is C15H24N4O5S. The minimum Gasteiger partial charge on any atom is -0.480 e. The van der Waals surface area contributed by atoms with Gasteiger partial charge in [-0.15, -0.1) is 0 Å². The number of aryl methyl sites for hydroxylation is 2. The van der Waals surface area contributed by atoms with Crippen molar-refractivity contribution in [2.75, 3.05) is 6.54 Å². The van der Waals surface area contributed by atoms with E-state index in [0.717, 1.165) is 6.42 Å². The first-order valence-electron chi connectivity index (χ1n) is 8.12. The molecule has 1 aliphatic heterocycles. The van der Waals surface area contributed by atoms with Gasteiger partial charge < -0.3 is 10.0 Å². The average molecular weight is 372 g/mol. The lowest BCUT2D eigenvalue weighted by molar-refractivity contribution is -0.152. The molecule has 140 valence electrons. The van der Waals surface area contributed by atoms with Crippen LogP contribution in [0.25, 0.3) is 0 Å². The van der Waals surface area contributed by atoms with Crippen molar-refractivity contribution in [3.8, 4) is 0 Å². The molecule has 9 nitrogen and oxygen atoms in total. The van der Waals surface area contributed by atoms with Gasteiger partial charge in [-0.05, 0) is 40.0 Å². The fraction of sp³-hybridized carbons (Fsp3) is 0.667. The van der Waals surface area contributed by atoms with E-state index < -0.39 is 34.0 Å². The van der Waals surface area contributed by atoms with Gasteiger partial charge in [-0.2, -0.15) is 9.82 Å². The van der Waals surface area contributed by atoms with Crippen LogP contribution in [0, 0.1) is 13.8 Å². The van der Waals surface area contributed by atoms with E-state index in [2.05, 4.69) is 9.82 Å². The van der Waals surface area contributed by atoms with Crippen LogP contribution in [0.3, 0.4) is 0 Å². The third kappa shape index (κ3) is 3.84. The van der Waals surface area contributed by atoms with Gasteiger partial charge in [-0.3, -0.25) is 9.48 Å². The number of aliphatic carboxylic acids is 1. The van der Waals surface area contributed by atoms with Crippen LogP contribution < -0.4 is 4.72 Å². The van der Waals surface area contributed by atoms with E-state index in [9.17, 15) is 23.1 Å². The number of piperidine rings is 1. The smallest absolute Gasteiger partial charge is 0.326 e. The van der Waals surface area contributed by atoms with Gasteiger partial charge in [-0.25, -0.2) is 13.2 Å². The van der Waals surface area contributed by atoms with E-state index in [0.29, 0.717) is 30.8 Å². The Balaban J connectivity index is 2.21. The summed E-state index contributed by atoms with van der Waals surface area (Å²) in [6.07, 6.45) is 1.81. The zero-order valence-electron chi connectivity index (χ0n) is 14.8. The van der Waals surface area contributed by atoms with Crippen molar-refractivity contribution >= 4 is 21.9 Å². The molecule has 10 heteroatoms. The van der Waals surface area contributed by atoms with Crippen molar-refractivity contribution in [3.05, 3.63) is 11.4 Å². The molecule has 1 fully saturated rings. The molecule has 2 N–H and O–H groups in total. The number of carboxylic acids is 1. The van der Waals surface area contributed by atoms with Crippen molar-refractivity contribution in [3.63, 3.8) is 0 Å². The summed E-state index contributed by atoms with van der Waals surface area (Å²) in [6, 6.07) is -1.97. The second-order valence-electron chi connectivity index (χ2n) is 6.35. The third-order valence-electron chi connectivity index (χ3n) is 4.48. The van der Waals surface area contributed by atoms with Crippen molar-refractivity contribution in [2.45, 2.75) is 57.0 Å². The Bertz CT molecular complexity index is 786. The Labute approximate surface area is 147 Å². The summed E-state index contributed by atoms with van der Waals surface area (Å²) in [5.74, 6) is -1.60. The standard InChI is InChI=1S/C15H24N4O5S/c1-9-13(11(3)18(4)16-9)25(23,24)17-10(2)14(20)19-8-6-5-7-12(19)15(21)22/h10,12,17H,5-8H2,1-4H3,(H,21,22)/t10?,12-/m1/s1. The number of amides is 1. The number of hydrogen-bond donors (Lipinski definition) is 2. The summed E-state index contributed by atoms with van der Waals surface area (Å²) in [6.45, 7) is 4.95. The molecule has 0 spiro atoms. The number of sulfonamides is 1. The number of carbonyl (C=O) groups excluding carboxylic acids is 1. The van der Waals surface area contributed by atoms with Gasteiger partial charge in [0, 0.05) is 13.6 Å². The first-order valence-corrected chi connectivity index (χ1v) is 9.60. The number of nitrogens with one attached hydrogen (secondary N) is 1. The van der Waals surface area contributed by atoms with Crippen LogP contribution in [0.15, 0.2) is 4.90 Å². The molecular weight excluding hydrogens is 348 g/mol. The van der Waals surface area contributed by atoms with Crippen LogP contribution in [-0.4, -0.2) is 58.7 Å². The maximum atomic E-state index is 12.6. The Morgan fingerprint density at radius 2 is 1.96 bits per heavy atom. The van der Waals surface area contributed by atoms with Crippen molar-refractivity contribution in [1.82, 2.24) is 19.4 Å². The van der Waals surface area contributed by atoms with E-state index in [1.165, 1.54) is 16.5 Å². The average Bonchev–Trinajstić information content (AvgIpc) is 2.79. The summed E-state index contributed by atoms with van der Waals surface area (Å²) in [5.41, 5.74) is 0.805. The fourth-order valence-electron chi connectivity index (χ4n) is 3.19. The van der Waals surface area contributed by atoms with Gasteiger partial charge in [0.1, 0.15) is 10.9 Å². The third-order valence-corrected chi connectivity index (χ3v) is 6.28. The molecule has 1 amide bonds. The molecule has 0 aliphatic carbocycles. The van der Waals surface area contributed by atoms with Gasteiger partial charge in [0.15, 0.2) is 0 Å². The van der Waals surface area contributed by atoms with Crippen molar-refractivity contribution in [2.24, 2.45) is 7.05 Å². The lowest BCUT2D eigenvalue weighted by Crippen LogP contribution is -2.54. The molecule has 1 saturated heterocycles. The SMILES string of the molecule is Cc1nn(C)c(C)c1S(=O)(=O)NC(C)C(=O)N1CCCC[C@@H]1C(=O)O. The number of nitrogens with zero attached hydrogens (tertiary/aromatic N) is 3. The Hall–Kier alpha value is -1.94. The summed E-state index contributed by atoms with van der Waals surface area (Å²) in [5, 5.41) is 13.4. The second-order valence-corrected chi connectivity index (χ2v) is 8.00. The molecule has 1 aromatic heterocycles. The minimum atomic E-state index is -3.95. The largest absolute Gasteiger partial charge is 0.480 e. The summed E-state index contributed by atoms with van der Waals surface area (Å²) < 4.78 is 29.1. The number of carbonyl (C=O) groups is 2. The molecule has 0 aromatic carbocycles. The maximum Gasteiger partial charge on any atom is 0.326 e. The predicted molar refractivity (Wildman–Crippen MR) is 89.5 cm³/mol. The number of aromatic nitrogens is 2. The highest BCUT2D eigenvalue weighted by Gasteiger charge is 2.36. The molecule has 0 bridgehead atoms. The minimum absolute atomic E-state index is 0.0445. The van der Waals surface area contributed by atoms with E-state index >= 15 is 0 Å². The molecule has 0 radical (unpaired) electrons. The zero-order valence-corrected chi connectivity index (χ0v) is 15.6. The lowest BCUT2D eigenvalue weighted by Gasteiger charge is -2.34. The molecule has 1 aliphatic rings. The first kappa shape index (κ1) is 19.4. The van der Waals surface area contributed by atoms with Gasteiger partial charge in [0.05, 0.1) is 17.4 Å². The zero-order chi connectivity index (χ0) is 18.9. The normalized spacial score (nSPS) is 19.7. The molecule has 1 unspecified atom stereocenters. The molecule has 2 rings (SSSR count). The second kappa shape index (κ2) is 7.12. The first-order chi connectivity index (χ1) is 11.6. The quantitative estimate of drug-likeness (QED) is 0.760. The predicted octanol–water partition coefficient (Wildman–Crippen LogP) is 0.169. The highest BCUT2D eigenvalue weighted by molar-refractivity contribution is 7.89. The van der Waals surface area contributed by atoms with Gasteiger partial charge >= 0.3 is 5.97 Å². The number of hydrogen-bond acceptors (Lipinski definition) is 5. The van der Waals surface area contributed by atoms with Gasteiger partial charge in [0.2, 0.25) is 15.9 Å². The summed E-state index contributed by atoms with van der Waals surface area (Å²) in [4.78, 5) is 25.3. The number of likely N-dealkylation sites (tertiary alicyclic amines) is 1. The molecule has 1 aromatic rings. The molecule has 2 heterocycles. The van der Waals surface area contributed by atoms with Crippen LogP contribution in [0.2, 0.25) is 0 Å². The monoisotopic (exact) mass is 372 g/mol.